The molecular formula is C25H24FN3O4S. The molecule has 1 amide bonds. The van der Waals surface area contributed by atoms with E-state index in [1.807, 2.05) is 35.1 Å². The largest absolute Gasteiger partial charge is 0.494 e. The van der Waals surface area contributed by atoms with Crippen molar-refractivity contribution in [3.05, 3.63) is 83.4 Å². The van der Waals surface area contributed by atoms with E-state index in [9.17, 15) is 17.6 Å². The first kappa shape index (κ1) is 23.4. The number of hydrogen-bond acceptors (Lipinski definition) is 5. The molecule has 0 aliphatic heterocycles. The second-order valence-electron chi connectivity index (χ2n) is 7.82. The fraction of sp³-hybridized carbons (Fsp3) is 0.200. The first-order valence-corrected chi connectivity index (χ1v) is 12.4. The summed E-state index contributed by atoms with van der Waals surface area (Å²) in [4.78, 5) is 20.2. The molecule has 9 heteroatoms. The van der Waals surface area contributed by atoms with Crippen LogP contribution < -0.4 is 9.46 Å². The number of nitrogens with one attached hydrogen (secondary N) is 2. The molecule has 0 atom stereocenters. The van der Waals surface area contributed by atoms with Crippen molar-refractivity contribution < 1.29 is 22.3 Å². The molecule has 4 rings (SSSR count). The number of ether oxygens (including phenoxy) is 1. The highest BCUT2D eigenvalue weighted by molar-refractivity contribution is 7.90. The number of carbonyl (C=O) groups excluding carboxylic acids is 1. The number of rotatable bonds is 8. The molecule has 4 aromatic rings. The van der Waals surface area contributed by atoms with E-state index in [2.05, 4.69) is 9.97 Å². The van der Waals surface area contributed by atoms with Crippen LogP contribution in [0.4, 0.5) is 4.39 Å². The zero-order chi connectivity index (χ0) is 24.3. The Morgan fingerprint density at radius 3 is 2.59 bits per heavy atom. The van der Waals surface area contributed by atoms with Crippen molar-refractivity contribution in [1.29, 1.82) is 0 Å². The molecule has 7 nitrogen and oxygen atoms in total. The maximum Gasteiger partial charge on any atom is 0.283 e. The van der Waals surface area contributed by atoms with Crippen LogP contribution in [0.15, 0.2) is 60.7 Å². The molecule has 34 heavy (non-hydrogen) atoms. The van der Waals surface area contributed by atoms with Crippen LogP contribution in [0.2, 0.25) is 0 Å². The summed E-state index contributed by atoms with van der Waals surface area (Å²) in [6.07, 6.45) is 0.680. The topological polar surface area (TPSA) is 101 Å². The Labute approximate surface area is 197 Å². The van der Waals surface area contributed by atoms with Crippen molar-refractivity contribution >= 4 is 26.8 Å². The number of carbonyl (C=O) groups is 1. The minimum Gasteiger partial charge on any atom is -0.494 e. The maximum absolute atomic E-state index is 14.6. The molecule has 0 aliphatic rings. The molecule has 2 aromatic heterocycles. The van der Waals surface area contributed by atoms with Crippen LogP contribution in [0.1, 0.15) is 35.1 Å². The minimum absolute atomic E-state index is 0.00821. The second-order valence-corrected chi connectivity index (χ2v) is 9.66. The lowest BCUT2D eigenvalue weighted by atomic mass is 10.0. The third kappa shape index (κ3) is 4.94. The maximum atomic E-state index is 14.6. The van der Waals surface area contributed by atoms with Gasteiger partial charge in [0.1, 0.15) is 5.69 Å². The van der Waals surface area contributed by atoms with Crippen LogP contribution in [-0.2, 0) is 16.4 Å². The van der Waals surface area contributed by atoms with Gasteiger partial charge < -0.3 is 9.72 Å². The number of halogens is 1. The fourth-order valence-electron chi connectivity index (χ4n) is 3.84. The van der Waals surface area contributed by atoms with Gasteiger partial charge in [0.05, 0.1) is 24.1 Å². The molecule has 0 unspecified atom stereocenters. The van der Waals surface area contributed by atoms with E-state index in [1.165, 1.54) is 19.2 Å². The summed E-state index contributed by atoms with van der Waals surface area (Å²) in [5, 5.41) is 0.666. The summed E-state index contributed by atoms with van der Waals surface area (Å²) in [6.45, 7) is 1.71. The van der Waals surface area contributed by atoms with Gasteiger partial charge in [-0.05, 0) is 35.7 Å². The molecule has 0 aliphatic carbocycles. The Morgan fingerprint density at radius 1 is 1.12 bits per heavy atom. The molecule has 0 radical (unpaired) electrons. The number of H-pyrrole nitrogens is 1. The molecular weight excluding hydrogens is 457 g/mol. The highest BCUT2D eigenvalue weighted by Crippen LogP contribution is 2.35. The quantitative estimate of drug-likeness (QED) is 0.388. The standard InChI is InChI=1S/C25H24FN3O4S/c1-3-12-34(31,32)29-25(30)21-11-7-10-17(27-21)13-19-18-14-20(26)23(33-2)15-22(18)28-24(19)16-8-5-4-6-9-16/h4-11,14-15,28H,3,12-13H2,1-2H3,(H,29,30). The Morgan fingerprint density at radius 2 is 1.88 bits per heavy atom. The highest BCUT2D eigenvalue weighted by atomic mass is 32.2. The van der Waals surface area contributed by atoms with E-state index in [0.29, 0.717) is 29.4 Å². The van der Waals surface area contributed by atoms with Crippen LogP contribution in [0.5, 0.6) is 5.75 Å². The lowest BCUT2D eigenvalue weighted by Crippen LogP contribution is -2.33. The Balaban J connectivity index is 1.75. The van der Waals surface area contributed by atoms with E-state index in [0.717, 1.165) is 16.8 Å². The number of aromatic amines is 1. The average molecular weight is 482 g/mol. The van der Waals surface area contributed by atoms with E-state index in [4.69, 9.17) is 4.74 Å². The van der Waals surface area contributed by atoms with Crippen molar-refractivity contribution in [1.82, 2.24) is 14.7 Å². The van der Waals surface area contributed by atoms with Gasteiger partial charge in [-0.1, -0.05) is 43.3 Å². The molecule has 0 spiro atoms. The van der Waals surface area contributed by atoms with Gasteiger partial charge in [0.2, 0.25) is 10.0 Å². The number of pyridine rings is 1. The normalized spacial score (nSPS) is 11.5. The Hall–Kier alpha value is -3.72. The summed E-state index contributed by atoms with van der Waals surface area (Å²) in [5.74, 6) is -1.29. The van der Waals surface area contributed by atoms with Crippen molar-refractivity contribution in [2.24, 2.45) is 0 Å². The van der Waals surface area contributed by atoms with Crippen molar-refractivity contribution in [2.45, 2.75) is 19.8 Å². The predicted octanol–water partition coefficient (Wildman–Crippen LogP) is 4.44. The van der Waals surface area contributed by atoms with E-state index >= 15 is 0 Å². The fourth-order valence-corrected chi connectivity index (χ4v) is 4.87. The second kappa shape index (κ2) is 9.64. The molecule has 2 heterocycles. The van der Waals surface area contributed by atoms with Crippen LogP contribution in [0.25, 0.3) is 22.2 Å². The van der Waals surface area contributed by atoms with Crippen molar-refractivity contribution in [3.63, 3.8) is 0 Å². The number of hydrogen-bond donors (Lipinski definition) is 2. The SMILES string of the molecule is CCCS(=O)(=O)NC(=O)c1cccc(Cc2c(-c3ccccc3)[nH]c3cc(OC)c(F)cc23)n1. The summed E-state index contributed by atoms with van der Waals surface area (Å²) in [6, 6.07) is 17.5. The predicted molar refractivity (Wildman–Crippen MR) is 129 cm³/mol. The van der Waals surface area contributed by atoms with Gasteiger partial charge in [0.25, 0.3) is 5.91 Å². The van der Waals surface area contributed by atoms with Crippen LogP contribution in [0.3, 0.4) is 0 Å². The zero-order valence-electron chi connectivity index (χ0n) is 18.8. The van der Waals surface area contributed by atoms with E-state index in [-0.39, 0.29) is 17.2 Å². The van der Waals surface area contributed by atoms with Gasteiger partial charge in [-0.3, -0.25) is 4.79 Å². The lowest BCUT2D eigenvalue weighted by molar-refractivity contribution is 0.0976. The number of amides is 1. The highest BCUT2D eigenvalue weighted by Gasteiger charge is 2.19. The Bertz CT molecular complexity index is 1450. The van der Waals surface area contributed by atoms with Gasteiger partial charge in [-0.25, -0.2) is 22.5 Å². The number of methoxy groups -OCH3 is 1. The number of benzene rings is 2. The molecule has 0 bridgehead atoms. The lowest BCUT2D eigenvalue weighted by Gasteiger charge is -2.08. The number of fused-ring (bicyclic) bond motifs is 1. The smallest absolute Gasteiger partial charge is 0.283 e. The van der Waals surface area contributed by atoms with Crippen molar-refractivity contribution in [2.75, 3.05) is 12.9 Å². The van der Waals surface area contributed by atoms with E-state index in [1.54, 1.807) is 25.1 Å². The van der Waals surface area contributed by atoms with Gasteiger partial charge in [-0.2, -0.15) is 0 Å². The number of nitrogens with zero attached hydrogens (tertiary/aromatic N) is 1. The monoisotopic (exact) mass is 481 g/mol. The average Bonchev–Trinajstić information content (AvgIpc) is 3.16. The van der Waals surface area contributed by atoms with Crippen LogP contribution in [-0.4, -0.2) is 37.2 Å². The van der Waals surface area contributed by atoms with Gasteiger partial charge >= 0.3 is 0 Å². The molecule has 176 valence electrons. The van der Waals surface area contributed by atoms with Crippen LogP contribution in [0, 0.1) is 5.82 Å². The Kier molecular flexibility index (Phi) is 6.65. The molecule has 2 aromatic carbocycles. The minimum atomic E-state index is -3.72. The molecule has 2 N–H and O–H groups in total. The summed E-state index contributed by atoms with van der Waals surface area (Å²) in [7, 11) is -2.31. The van der Waals surface area contributed by atoms with Gasteiger partial charge in [0, 0.05) is 23.6 Å². The van der Waals surface area contributed by atoms with Crippen molar-refractivity contribution in [3.8, 4) is 17.0 Å². The number of sulfonamides is 1. The summed E-state index contributed by atoms with van der Waals surface area (Å²) >= 11 is 0. The first-order chi connectivity index (χ1) is 16.3. The third-order valence-electron chi connectivity index (χ3n) is 5.36. The zero-order valence-corrected chi connectivity index (χ0v) is 19.6. The molecule has 0 saturated heterocycles. The molecule has 0 fully saturated rings. The summed E-state index contributed by atoms with van der Waals surface area (Å²) < 4.78 is 45.7. The van der Waals surface area contributed by atoms with Gasteiger partial charge in [-0.15, -0.1) is 0 Å². The van der Waals surface area contributed by atoms with Gasteiger partial charge in [0.15, 0.2) is 11.6 Å². The summed E-state index contributed by atoms with van der Waals surface area (Å²) in [5.41, 5.74) is 3.73. The molecule has 0 saturated carbocycles. The first-order valence-electron chi connectivity index (χ1n) is 10.8. The number of aromatic nitrogens is 2. The van der Waals surface area contributed by atoms with Crippen LogP contribution >= 0.6 is 0 Å². The van der Waals surface area contributed by atoms with E-state index < -0.39 is 21.7 Å². The third-order valence-corrected chi connectivity index (χ3v) is 6.80.